The van der Waals surface area contributed by atoms with Crippen LogP contribution >= 0.6 is 23.1 Å². The van der Waals surface area contributed by atoms with Gasteiger partial charge in [0.15, 0.2) is 5.78 Å². The van der Waals surface area contributed by atoms with Crippen LogP contribution in [0.1, 0.15) is 17.3 Å². The molecule has 164 valence electrons. The number of thioether (sulfide) groups is 1. The van der Waals surface area contributed by atoms with Crippen LogP contribution < -0.4 is 17.0 Å². The zero-order valence-corrected chi connectivity index (χ0v) is 19.0. The molecule has 3 heterocycles. The molecular weight excluding hydrogens is 453 g/mol. The highest BCUT2D eigenvalue weighted by molar-refractivity contribution is 8.00. The molecule has 4 rings (SSSR count). The van der Waals surface area contributed by atoms with E-state index in [0.29, 0.717) is 5.03 Å². The molecule has 4 aromatic rings. The van der Waals surface area contributed by atoms with Gasteiger partial charge >= 0.3 is 5.69 Å². The van der Waals surface area contributed by atoms with Gasteiger partial charge in [-0.1, -0.05) is 23.9 Å². The quantitative estimate of drug-likeness (QED) is 0.271. The number of anilines is 1. The summed E-state index contributed by atoms with van der Waals surface area (Å²) in [6.45, 7) is 1.65. The number of benzene rings is 1. The van der Waals surface area contributed by atoms with Crippen molar-refractivity contribution in [2.75, 3.05) is 5.73 Å². The third-order valence-electron chi connectivity index (χ3n) is 5.10. The highest BCUT2D eigenvalue weighted by atomic mass is 32.2. The Labute approximate surface area is 189 Å². The van der Waals surface area contributed by atoms with Crippen molar-refractivity contribution in [3.8, 4) is 11.1 Å². The molecule has 8 nitrogen and oxygen atoms in total. The van der Waals surface area contributed by atoms with Crippen LogP contribution in [0, 0.1) is 5.82 Å². The number of hydrogen-bond acceptors (Lipinski definition) is 8. The van der Waals surface area contributed by atoms with Crippen molar-refractivity contribution in [2.45, 2.75) is 17.2 Å². The van der Waals surface area contributed by atoms with Gasteiger partial charge in [-0.15, -0.1) is 11.3 Å². The maximum absolute atomic E-state index is 13.4. The fraction of sp³-hybridized carbons (Fsp3) is 0.190. The molecule has 0 saturated carbocycles. The van der Waals surface area contributed by atoms with Crippen LogP contribution in [0.2, 0.25) is 0 Å². The first kappa shape index (κ1) is 21.9. The average molecular weight is 472 g/mol. The minimum absolute atomic E-state index is 0.175. The molecule has 0 bridgehead atoms. The lowest BCUT2D eigenvalue weighted by Crippen LogP contribution is -2.42. The van der Waals surface area contributed by atoms with Gasteiger partial charge in [-0.05, 0) is 24.6 Å². The Hall–Kier alpha value is -3.31. The highest BCUT2D eigenvalue weighted by Gasteiger charge is 2.27. The lowest BCUT2D eigenvalue weighted by atomic mass is 10.1. The van der Waals surface area contributed by atoms with Crippen LogP contribution in [0.25, 0.3) is 21.3 Å². The lowest BCUT2D eigenvalue weighted by molar-refractivity contribution is 0.0992. The summed E-state index contributed by atoms with van der Waals surface area (Å²) in [5.74, 6) is -1.02. The van der Waals surface area contributed by atoms with Gasteiger partial charge in [0.1, 0.15) is 33.4 Å². The standard InChI is InChI=1S/C21H18FN5O3S2/c1-10(16(28)15-17(23)26(2)21(30)27(3)20(15)29)32-19-14-13(8-31-18(14)24-9-25-19)11-4-6-12(22)7-5-11/h4-10H,23H2,1-3H3. The zero-order chi connectivity index (χ0) is 23.2. The number of rotatable bonds is 5. The topological polar surface area (TPSA) is 113 Å². The molecule has 3 aromatic heterocycles. The van der Waals surface area contributed by atoms with E-state index in [1.807, 2.05) is 5.38 Å². The number of nitrogens with two attached hydrogens (primary N) is 1. The second-order valence-electron chi connectivity index (χ2n) is 7.11. The first-order valence-corrected chi connectivity index (χ1v) is 11.2. The Morgan fingerprint density at radius 3 is 2.53 bits per heavy atom. The number of aromatic nitrogens is 4. The number of fused-ring (bicyclic) bond motifs is 1. The molecule has 0 fully saturated rings. The van der Waals surface area contributed by atoms with E-state index >= 15 is 0 Å². The normalized spacial score (nSPS) is 12.2. The van der Waals surface area contributed by atoms with E-state index in [2.05, 4.69) is 9.97 Å². The minimum Gasteiger partial charge on any atom is -0.384 e. The third-order valence-corrected chi connectivity index (χ3v) is 7.09. The van der Waals surface area contributed by atoms with Gasteiger partial charge in [0.25, 0.3) is 5.56 Å². The number of nitrogens with zero attached hydrogens (tertiary/aromatic N) is 4. The van der Waals surface area contributed by atoms with Gasteiger partial charge in [-0.25, -0.2) is 19.2 Å². The van der Waals surface area contributed by atoms with Crippen molar-refractivity contribution >= 4 is 44.9 Å². The van der Waals surface area contributed by atoms with E-state index in [0.717, 1.165) is 30.5 Å². The van der Waals surface area contributed by atoms with E-state index in [1.54, 1.807) is 19.1 Å². The van der Waals surface area contributed by atoms with E-state index in [4.69, 9.17) is 5.73 Å². The van der Waals surface area contributed by atoms with Crippen LogP contribution in [-0.4, -0.2) is 30.1 Å². The van der Waals surface area contributed by atoms with Gasteiger partial charge in [0.2, 0.25) is 0 Å². The number of nitrogen functional groups attached to an aromatic ring is 1. The Kier molecular flexibility index (Phi) is 5.70. The van der Waals surface area contributed by atoms with Gasteiger partial charge in [0.05, 0.1) is 10.6 Å². The van der Waals surface area contributed by atoms with E-state index < -0.39 is 22.3 Å². The molecule has 11 heteroatoms. The number of hydrogen-bond donors (Lipinski definition) is 1. The van der Waals surface area contributed by atoms with Crippen molar-refractivity contribution in [1.29, 1.82) is 0 Å². The maximum Gasteiger partial charge on any atom is 0.332 e. The number of ketones is 1. The lowest BCUT2D eigenvalue weighted by Gasteiger charge is -2.14. The molecule has 0 radical (unpaired) electrons. The Morgan fingerprint density at radius 2 is 1.84 bits per heavy atom. The summed E-state index contributed by atoms with van der Waals surface area (Å²) in [6, 6.07) is 6.09. The summed E-state index contributed by atoms with van der Waals surface area (Å²) >= 11 is 2.58. The first-order valence-electron chi connectivity index (χ1n) is 9.45. The zero-order valence-electron chi connectivity index (χ0n) is 17.3. The van der Waals surface area contributed by atoms with E-state index in [9.17, 15) is 18.8 Å². The summed E-state index contributed by atoms with van der Waals surface area (Å²) < 4.78 is 15.3. The predicted molar refractivity (Wildman–Crippen MR) is 124 cm³/mol. The number of carbonyl (C=O) groups is 1. The number of Topliss-reactive ketones (excluding diaryl/α,β-unsaturated/α-hetero) is 1. The molecular formula is C21H18FN5O3S2. The fourth-order valence-corrected chi connectivity index (χ4v) is 5.27. The first-order chi connectivity index (χ1) is 15.2. The molecule has 32 heavy (non-hydrogen) atoms. The summed E-state index contributed by atoms with van der Waals surface area (Å²) in [4.78, 5) is 47.2. The Bertz CT molecular complexity index is 1470. The smallest absolute Gasteiger partial charge is 0.332 e. The average Bonchev–Trinajstić information content (AvgIpc) is 3.22. The van der Waals surface area contributed by atoms with Crippen molar-refractivity contribution in [2.24, 2.45) is 14.1 Å². The minimum atomic E-state index is -0.738. The highest BCUT2D eigenvalue weighted by Crippen LogP contribution is 2.39. The van der Waals surface area contributed by atoms with Crippen molar-refractivity contribution in [1.82, 2.24) is 19.1 Å². The number of thiophene rings is 1. The number of carbonyl (C=O) groups excluding carboxylic acids is 1. The Morgan fingerprint density at radius 1 is 1.16 bits per heavy atom. The molecule has 1 atom stereocenters. The monoisotopic (exact) mass is 471 g/mol. The van der Waals surface area contributed by atoms with E-state index in [-0.39, 0.29) is 17.2 Å². The van der Waals surface area contributed by atoms with Crippen molar-refractivity contribution < 1.29 is 9.18 Å². The molecule has 1 aromatic carbocycles. The van der Waals surface area contributed by atoms with Crippen LogP contribution in [0.4, 0.5) is 10.2 Å². The largest absolute Gasteiger partial charge is 0.384 e. The molecule has 0 amide bonds. The maximum atomic E-state index is 13.4. The van der Waals surface area contributed by atoms with Gasteiger partial charge < -0.3 is 5.73 Å². The predicted octanol–water partition coefficient (Wildman–Crippen LogP) is 2.84. The Balaban J connectivity index is 1.76. The van der Waals surface area contributed by atoms with E-state index in [1.165, 1.54) is 55.7 Å². The summed E-state index contributed by atoms with van der Waals surface area (Å²) in [5, 5.41) is 2.48. The molecule has 2 N–H and O–H groups in total. The molecule has 0 aliphatic heterocycles. The molecule has 0 saturated heterocycles. The second-order valence-corrected chi connectivity index (χ2v) is 9.29. The van der Waals surface area contributed by atoms with Gasteiger partial charge in [-0.2, -0.15) is 0 Å². The van der Waals surface area contributed by atoms with Gasteiger partial charge in [-0.3, -0.25) is 18.7 Å². The summed E-state index contributed by atoms with van der Waals surface area (Å²) in [6.07, 6.45) is 1.41. The van der Waals surface area contributed by atoms with Crippen molar-refractivity contribution in [3.63, 3.8) is 0 Å². The van der Waals surface area contributed by atoms with Crippen LogP contribution in [0.5, 0.6) is 0 Å². The second kappa shape index (κ2) is 8.32. The SMILES string of the molecule is CC(Sc1ncnc2scc(-c3ccc(F)cc3)c12)C(=O)c1c(N)n(C)c(=O)n(C)c1=O. The van der Waals surface area contributed by atoms with Crippen LogP contribution in [-0.2, 0) is 14.1 Å². The molecule has 0 aliphatic carbocycles. The van der Waals surface area contributed by atoms with Gasteiger partial charge in [0, 0.05) is 25.0 Å². The third kappa shape index (κ3) is 3.63. The van der Waals surface area contributed by atoms with Crippen molar-refractivity contribution in [3.05, 3.63) is 68.2 Å². The summed E-state index contributed by atoms with van der Waals surface area (Å²) in [7, 11) is 2.70. The number of halogens is 1. The van der Waals surface area contributed by atoms with Crippen LogP contribution in [0.3, 0.4) is 0 Å². The van der Waals surface area contributed by atoms with Crippen LogP contribution in [0.15, 0.2) is 50.6 Å². The summed E-state index contributed by atoms with van der Waals surface area (Å²) in [5.41, 5.74) is 5.98. The molecule has 0 aliphatic rings. The molecule has 0 spiro atoms. The fourth-order valence-electron chi connectivity index (χ4n) is 3.29. The molecule has 1 unspecified atom stereocenters.